The number of rotatable bonds is 3. The molecule has 2 N–H and O–H groups in total. The van der Waals surface area contributed by atoms with Crippen LogP contribution in [0.4, 0.5) is 0 Å². The number of aromatic nitrogens is 2. The van der Waals surface area contributed by atoms with Gasteiger partial charge in [-0.25, -0.2) is 0 Å². The maximum absolute atomic E-state index is 6.17. The topological polar surface area (TPSA) is 43.8 Å². The Hall–Kier alpha value is -0.830. The van der Waals surface area contributed by atoms with E-state index in [0.29, 0.717) is 0 Å². The fourth-order valence-corrected chi connectivity index (χ4v) is 1.31. The van der Waals surface area contributed by atoms with E-state index in [9.17, 15) is 0 Å². The number of nitrogens with zero attached hydrogens (tertiary/aromatic N) is 2. The van der Waals surface area contributed by atoms with E-state index in [0.717, 1.165) is 12.1 Å². The van der Waals surface area contributed by atoms with E-state index in [2.05, 4.69) is 25.9 Å². The van der Waals surface area contributed by atoms with Crippen molar-refractivity contribution in [3.63, 3.8) is 0 Å². The summed E-state index contributed by atoms with van der Waals surface area (Å²) >= 11 is 0. The summed E-state index contributed by atoms with van der Waals surface area (Å²) in [5, 5.41) is 4.12. The summed E-state index contributed by atoms with van der Waals surface area (Å²) < 4.78 is 1.85. The molecule has 0 amide bonds. The van der Waals surface area contributed by atoms with E-state index >= 15 is 0 Å². The van der Waals surface area contributed by atoms with Gasteiger partial charge in [0.25, 0.3) is 0 Å². The van der Waals surface area contributed by atoms with Crippen molar-refractivity contribution in [3.05, 3.63) is 18.0 Å². The summed E-state index contributed by atoms with van der Waals surface area (Å²) in [6, 6.07) is 2.05. The van der Waals surface area contributed by atoms with Crippen molar-refractivity contribution in [1.82, 2.24) is 9.78 Å². The van der Waals surface area contributed by atoms with Crippen LogP contribution >= 0.6 is 0 Å². The van der Waals surface area contributed by atoms with Crippen LogP contribution < -0.4 is 5.73 Å². The summed E-state index contributed by atoms with van der Waals surface area (Å²) in [5.74, 6) is 0. The minimum Gasteiger partial charge on any atom is -0.322 e. The smallest absolute Gasteiger partial charge is 0.0553 e. The van der Waals surface area contributed by atoms with Crippen molar-refractivity contribution in [2.45, 2.75) is 33.2 Å². The molecule has 0 saturated heterocycles. The minimum atomic E-state index is 0.0602. The number of nitrogens with two attached hydrogens (primary N) is 1. The van der Waals surface area contributed by atoms with Crippen molar-refractivity contribution < 1.29 is 0 Å². The summed E-state index contributed by atoms with van der Waals surface area (Å²) in [6.07, 6.45) is 2.86. The van der Waals surface area contributed by atoms with Gasteiger partial charge < -0.3 is 5.73 Å². The molecule has 1 aromatic rings. The van der Waals surface area contributed by atoms with E-state index in [1.165, 1.54) is 0 Å². The Morgan fingerprint density at radius 3 is 2.62 bits per heavy atom. The summed E-state index contributed by atoms with van der Waals surface area (Å²) in [4.78, 5) is 0. The highest BCUT2D eigenvalue weighted by Crippen LogP contribution is 2.33. The molecule has 1 atom stereocenters. The Bertz CT molecular complexity index is 275. The Balaban J connectivity index is 2.91. The molecule has 1 unspecified atom stereocenters. The van der Waals surface area contributed by atoms with Crippen LogP contribution in [0.2, 0.25) is 0 Å². The number of hydrogen-bond donors (Lipinski definition) is 1. The molecular weight excluding hydrogens is 162 g/mol. The van der Waals surface area contributed by atoms with Crippen molar-refractivity contribution >= 4 is 0 Å². The van der Waals surface area contributed by atoms with Crippen LogP contribution in [0.15, 0.2) is 12.3 Å². The first-order valence-corrected chi connectivity index (χ1v) is 4.72. The molecule has 1 rings (SSSR count). The molecule has 0 spiro atoms. The fraction of sp³-hybridized carbons (Fsp3) is 0.700. The first-order chi connectivity index (χ1) is 5.99. The van der Waals surface area contributed by atoms with Gasteiger partial charge in [-0.2, -0.15) is 5.10 Å². The van der Waals surface area contributed by atoms with Gasteiger partial charge in [-0.1, -0.05) is 20.8 Å². The zero-order chi connectivity index (χ0) is 10.1. The minimum absolute atomic E-state index is 0.0602. The Kier molecular flexibility index (Phi) is 2.76. The molecule has 3 nitrogen and oxygen atoms in total. The molecule has 0 fully saturated rings. The zero-order valence-electron chi connectivity index (χ0n) is 8.91. The summed E-state index contributed by atoms with van der Waals surface area (Å²) in [7, 11) is 1.93. The second-order valence-corrected chi connectivity index (χ2v) is 4.20. The lowest BCUT2D eigenvalue weighted by atomic mass is 9.81. The van der Waals surface area contributed by atoms with Gasteiger partial charge in [-0.15, -0.1) is 0 Å². The molecule has 1 heterocycles. The highest BCUT2D eigenvalue weighted by atomic mass is 15.3. The first-order valence-electron chi connectivity index (χ1n) is 4.72. The molecule has 13 heavy (non-hydrogen) atoms. The molecular formula is C10H19N3. The highest BCUT2D eigenvalue weighted by Gasteiger charge is 2.27. The molecule has 0 aliphatic carbocycles. The summed E-state index contributed by atoms with van der Waals surface area (Å²) in [6.45, 7) is 6.53. The molecule has 0 aromatic carbocycles. The van der Waals surface area contributed by atoms with Crippen molar-refractivity contribution in [3.8, 4) is 0 Å². The van der Waals surface area contributed by atoms with E-state index in [1.54, 1.807) is 6.20 Å². The maximum Gasteiger partial charge on any atom is 0.0553 e. The van der Waals surface area contributed by atoms with Crippen molar-refractivity contribution in [1.29, 1.82) is 0 Å². The van der Waals surface area contributed by atoms with E-state index < -0.39 is 0 Å². The molecule has 74 valence electrons. The Morgan fingerprint density at radius 1 is 1.62 bits per heavy atom. The van der Waals surface area contributed by atoms with Gasteiger partial charge in [0.1, 0.15) is 0 Å². The lowest BCUT2D eigenvalue weighted by molar-refractivity contribution is 0.268. The van der Waals surface area contributed by atoms with Gasteiger partial charge in [-0.05, 0) is 17.9 Å². The number of hydrogen-bond acceptors (Lipinski definition) is 2. The second-order valence-electron chi connectivity index (χ2n) is 4.20. The zero-order valence-corrected chi connectivity index (χ0v) is 8.91. The second kappa shape index (κ2) is 3.50. The van der Waals surface area contributed by atoms with Crippen LogP contribution in [-0.4, -0.2) is 9.78 Å². The Morgan fingerprint density at radius 2 is 2.23 bits per heavy atom. The predicted molar refractivity (Wildman–Crippen MR) is 54.2 cm³/mol. The van der Waals surface area contributed by atoms with Crippen molar-refractivity contribution in [2.75, 3.05) is 0 Å². The normalized spacial score (nSPS) is 14.5. The van der Waals surface area contributed by atoms with Gasteiger partial charge in [-0.3, -0.25) is 4.68 Å². The van der Waals surface area contributed by atoms with E-state index in [1.807, 2.05) is 17.8 Å². The third-order valence-electron chi connectivity index (χ3n) is 2.93. The van der Waals surface area contributed by atoms with Crippen LogP contribution in [0.1, 0.15) is 38.9 Å². The summed E-state index contributed by atoms with van der Waals surface area (Å²) in [5.41, 5.74) is 7.40. The average molecular weight is 181 g/mol. The standard InChI is InChI=1S/C10H19N3/c1-5-10(2,3)9(11)8-6-7-12-13(8)4/h6-7,9H,5,11H2,1-4H3. The van der Waals surface area contributed by atoms with Gasteiger partial charge in [0.2, 0.25) is 0 Å². The van der Waals surface area contributed by atoms with Crippen LogP contribution in [0.5, 0.6) is 0 Å². The van der Waals surface area contributed by atoms with Gasteiger partial charge in [0.05, 0.1) is 11.7 Å². The van der Waals surface area contributed by atoms with Gasteiger partial charge >= 0.3 is 0 Å². The maximum atomic E-state index is 6.17. The predicted octanol–water partition coefficient (Wildman–Crippen LogP) is 1.86. The SMILES string of the molecule is CCC(C)(C)C(N)c1ccnn1C. The largest absolute Gasteiger partial charge is 0.322 e. The lowest BCUT2D eigenvalue weighted by Gasteiger charge is -2.30. The van der Waals surface area contributed by atoms with Crippen LogP contribution in [-0.2, 0) is 7.05 Å². The van der Waals surface area contributed by atoms with Crippen LogP contribution in [0, 0.1) is 5.41 Å². The first kappa shape index (κ1) is 10.3. The number of aryl methyl sites for hydroxylation is 1. The quantitative estimate of drug-likeness (QED) is 0.773. The molecule has 3 heteroatoms. The monoisotopic (exact) mass is 181 g/mol. The van der Waals surface area contributed by atoms with Crippen molar-refractivity contribution in [2.24, 2.45) is 18.2 Å². The van der Waals surface area contributed by atoms with Crippen LogP contribution in [0.3, 0.4) is 0 Å². The molecule has 1 aromatic heterocycles. The molecule has 0 aliphatic heterocycles. The van der Waals surface area contributed by atoms with E-state index in [4.69, 9.17) is 5.73 Å². The van der Waals surface area contributed by atoms with Gasteiger partial charge in [0.15, 0.2) is 0 Å². The van der Waals surface area contributed by atoms with E-state index in [-0.39, 0.29) is 11.5 Å². The van der Waals surface area contributed by atoms with Gasteiger partial charge in [0, 0.05) is 13.2 Å². The third kappa shape index (κ3) is 1.91. The lowest BCUT2D eigenvalue weighted by Crippen LogP contribution is -2.30. The highest BCUT2D eigenvalue weighted by molar-refractivity contribution is 5.09. The molecule has 0 bridgehead atoms. The average Bonchev–Trinajstić information content (AvgIpc) is 2.50. The Labute approximate surface area is 79.9 Å². The molecule has 0 radical (unpaired) electrons. The molecule has 0 saturated carbocycles. The molecule has 0 aliphatic rings. The van der Waals surface area contributed by atoms with Crippen LogP contribution in [0.25, 0.3) is 0 Å². The third-order valence-corrected chi connectivity index (χ3v) is 2.93. The fourth-order valence-electron chi connectivity index (χ4n) is 1.31.